The number of hydrogen-bond acceptors (Lipinski definition) is 1. The molecular weight excluding hydrogens is 201 g/mol. The highest BCUT2D eigenvalue weighted by Crippen LogP contribution is 2.30. The van der Waals surface area contributed by atoms with E-state index in [1.165, 1.54) is 5.56 Å². The lowest BCUT2D eigenvalue weighted by Crippen LogP contribution is -2.33. The van der Waals surface area contributed by atoms with Gasteiger partial charge in [-0.25, -0.2) is 4.39 Å². The third-order valence-corrected chi connectivity index (χ3v) is 3.58. The van der Waals surface area contributed by atoms with E-state index in [1.54, 1.807) is 6.92 Å². The van der Waals surface area contributed by atoms with Crippen LogP contribution in [0.3, 0.4) is 0 Å². The topological polar surface area (TPSA) is 12.0 Å². The molecule has 0 spiro atoms. The van der Waals surface area contributed by atoms with Crippen LogP contribution < -0.4 is 5.32 Å². The lowest BCUT2D eigenvalue weighted by atomic mass is 9.84. The fourth-order valence-electron chi connectivity index (χ4n) is 2.42. The highest BCUT2D eigenvalue weighted by molar-refractivity contribution is 5.23. The number of alkyl halides is 1. The molecule has 0 saturated carbocycles. The number of halogens is 1. The maximum Gasteiger partial charge on any atom is 0.116 e. The lowest BCUT2D eigenvalue weighted by molar-refractivity contribution is 0.113. The molecule has 1 saturated heterocycles. The summed E-state index contributed by atoms with van der Waals surface area (Å²) in [6, 6.07) is 8.18. The molecule has 0 aliphatic carbocycles. The summed E-state index contributed by atoms with van der Waals surface area (Å²) < 4.78 is 14.5. The Balaban J connectivity index is 2.04. The Bertz CT molecular complexity index is 336. The minimum atomic E-state index is -1.08. The minimum Gasteiger partial charge on any atom is -0.316 e. The van der Waals surface area contributed by atoms with Crippen molar-refractivity contribution in [2.24, 2.45) is 5.92 Å². The minimum absolute atomic E-state index is 0.161. The maximum absolute atomic E-state index is 14.5. The molecule has 2 atom stereocenters. The normalized spacial score (nSPS) is 24.3. The number of nitrogens with one attached hydrogen (secondary N) is 1. The molecule has 0 bridgehead atoms. The Kier molecular flexibility index (Phi) is 3.29. The van der Waals surface area contributed by atoms with Gasteiger partial charge < -0.3 is 5.32 Å². The lowest BCUT2D eigenvalue weighted by Gasteiger charge is -2.26. The standard InChI is InChI=1S/C14H20FN/c1-11-3-5-12(6-4-11)9-14(2,15)13-7-8-16-10-13/h3-6,13,16H,7-10H2,1-2H3. The summed E-state index contributed by atoms with van der Waals surface area (Å²) in [7, 11) is 0. The summed E-state index contributed by atoms with van der Waals surface area (Å²) in [6.07, 6.45) is 1.48. The number of hydrogen-bond donors (Lipinski definition) is 1. The van der Waals surface area contributed by atoms with Crippen LogP contribution >= 0.6 is 0 Å². The first-order valence-electron chi connectivity index (χ1n) is 6.03. The van der Waals surface area contributed by atoms with Gasteiger partial charge in [0.25, 0.3) is 0 Å². The second kappa shape index (κ2) is 4.54. The van der Waals surface area contributed by atoms with Crippen LogP contribution in [-0.4, -0.2) is 18.8 Å². The van der Waals surface area contributed by atoms with Crippen molar-refractivity contribution in [3.05, 3.63) is 35.4 Å². The van der Waals surface area contributed by atoms with Gasteiger partial charge >= 0.3 is 0 Å². The average molecular weight is 221 g/mol. The molecule has 0 amide bonds. The zero-order valence-electron chi connectivity index (χ0n) is 10.1. The SMILES string of the molecule is Cc1ccc(CC(C)(F)C2CCNC2)cc1. The van der Waals surface area contributed by atoms with Crippen LogP contribution in [0.25, 0.3) is 0 Å². The van der Waals surface area contributed by atoms with Crippen molar-refractivity contribution in [1.82, 2.24) is 5.32 Å². The van der Waals surface area contributed by atoms with E-state index in [2.05, 4.69) is 24.4 Å². The largest absolute Gasteiger partial charge is 0.316 e. The molecule has 1 fully saturated rings. The van der Waals surface area contributed by atoms with Crippen LogP contribution in [0.1, 0.15) is 24.5 Å². The molecule has 0 radical (unpaired) electrons. The van der Waals surface area contributed by atoms with Crippen molar-refractivity contribution in [2.75, 3.05) is 13.1 Å². The highest BCUT2D eigenvalue weighted by Gasteiger charge is 2.35. The Morgan fingerprint density at radius 1 is 1.38 bits per heavy atom. The molecule has 1 N–H and O–H groups in total. The van der Waals surface area contributed by atoms with E-state index in [4.69, 9.17) is 0 Å². The van der Waals surface area contributed by atoms with Crippen LogP contribution in [0.4, 0.5) is 4.39 Å². The molecule has 1 aliphatic heterocycles. The fourth-order valence-corrected chi connectivity index (χ4v) is 2.42. The van der Waals surface area contributed by atoms with Gasteiger partial charge in [0, 0.05) is 18.9 Å². The molecular formula is C14H20FN. The van der Waals surface area contributed by atoms with Crippen LogP contribution in [0.15, 0.2) is 24.3 Å². The second-order valence-electron chi connectivity index (χ2n) is 5.13. The summed E-state index contributed by atoms with van der Waals surface area (Å²) in [5, 5.41) is 3.23. The van der Waals surface area contributed by atoms with Gasteiger partial charge in [-0.3, -0.25) is 0 Å². The van der Waals surface area contributed by atoms with E-state index in [0.717, 1.165) is 25.1 Å². The zero-order chi connectivity index (χ0) is 11.6. The summed E-state index contributed by atoms with van der Waals surface area (Å²) in [5.41, 5.74) is 1.24. The summed E-state index contributed by atoms with van der Waals surface area (Å²) in [6.45, 7) is 5.57. The quantitative estimate of drug-likeness (QED) is 0.827. The Hall–Kier alpha value is -0.890. The average Bonchev–Trinajstić information content (AvgIpc) is 2.75. The molecule has 0 aromatic heterocycles. The molecule has 1 aromatic carbocycles. The van der Waals surface area contributed by atoms with Crippen LogP contribution in [0, 0.1) is 12.8 Å². The van der Waals surface area contributed by atoms with Gasteiger partial charge in [0.05, 0.1) is 0 Å². The van der Waals surface area contributed by atoms with Gasteiger partial charge in [0.1, 0.15) is 5.67 Å². The molecule has 1 nitrogen and oxygen atoms in total. The van der Waals surface area contributed by atoms with E-state index in [9.17, 15) is 4.39 Å². The smallest absolute Gasteiger partial charge is 0.116 e. The first-order chi connectivity index (χ1) is 7.58. The highest BCUT2D eigenvalue weighted by atomic mass is 19.1. The van der Waals surface area contributed by atoms with Crippen LogP contribution in [0.2, 0.25) is 0 Å². The molecule has 16 heavy (non-hydrogen) atoms. The third-order valence-electron chi connectivity index (χ3n) is 3.58. The van der Waals surface area contributed by atoms with E-state index < -0.39 is 5.67 Å². The van der Waals surface area contributed by atoms with E-state index in [0.29, 0.717) is 6.42 Å². The van der Waals surface area contributed by atoms with Gasteiger partial charge in [0.15, 0.2) is 0 Å². The van der Waals surface area contributed by atoms with Gasteiger partial charge in [-0.1, -0.05) is 29.8 Å². The molecule has 1 aliphatic rings. The fraction of sp³-hybridized carbons (Fsp3) is 0.571. The predicted octanol–water partition coefficient (Wildman–Crippen LogP) is 2.88. The van der Waals surface area contributed by atoms with Crippen LogP contribution in [0.5, 0.6) is 0 Å². The van der Waals surface area contributed by atoms with Gasteiger partial charge in [-0.05, 0) is 32.4 Å². The summed E-state index contributed by atoms with van der Waals surface area (Å²) >= 11 is 0. The summed E-state index contributed by atoms with van der Waals surface area (Å²) in [5.74, 6) is 0.161. The Morgan fingerprint density at radius 3 is 2.62 bits per heavy atom. The molecule has 88 valence electrons. The van der Waals surface area contributed by atoms with E-state index >= 15 is 0 Å². The monoisotopic (exact) mass is 221 g/mol. The summed E-state index contributed by atoms with van der Waals surface area (Å²) in [4.78, 5) is 0. The van der Waals surface area contributed by atoms with Crippen molar-refractivity contribution in [1.29, 1.82) is 0 Å². The molecule has 2 heteroatoms. The van der Waals surface area contributed by atoms with E-state index in [-0.39, 0.29) is 5.92 Å². The predicted molar refractivity (Wildman–Crippen MR) is 65.4 cm³/mol. The first kappa shape index (κ1) is 11.6. The van der Waals surface area contributed by atoms with Crippen molar-refractivity contribution < 1.29 is 4.39 Å². The molecule has 1 heterocycles. The molecule has 1 aromatic rings. The second-order valence-corrected chi connectivity index (χ2v) is 5.13. The van der Waals surface area contributed by atoms with Gasteiger partial charge in [-0.15, -0.1) is 0 Å². The van der Waals surface area contributed by atoms with Crippen molar-refractivity contribution >= 4 is 0 Å². The van der Waals surface area contributed by atoms with Gasteiger partial charge in [-0.2, -0.15) is 0 Å². The molecule has 2 rings (SSSR count). The first-order valence-corrected chi connectivity index (χ1v) is 6.03. The van der Waals surface area contributed by atoms with Crippen molar-refractivity contribution in [3.8, 4) is 0 Å². The Labute approximate surface area is 97.1 Å². The third kappa shape index (κ3) is 2.62. The van der Waals surface area contributed by atoms with E-state index in [1.807, 2.05) is 12.1 Å². The van der Waals surface area contributed by atoms with Crippen molar-refractivity contribution in [3.63, 3.8) is 0 Å². The van der Waals surface area contributed by atoms with Crippen LogP contribution in [-0.2, 0) is 6.42 Å². The Morgan fingerprint density at radius 2 is 2.06 bits per heavy atom. The maximum atomic E-state index is 14.5. The van der Waals surface area contributed by atoms with Gasteiger partial charge in [0.2, 0.25) is 0 Å². The van der Waals surface area contributed by atoms with Crippen molar-refractivity contribution in [2.45, 2.75) is 32.4 Å². The zero-order valence-corrected chi connectivity index (χ0v) is 10.1. The number of benzene rings is 1. The number of rotatable bonds is 3. The molecule has 2 unspecified atom stereocenters. The number of aryl methyl sites for hydroxylation is 1.